The lowest BCUT2D eigenvalue weighted by molar-refractivity contribution is 0.475. The molecule has 0 aromatic heterocycles. The molecule has 0 radical (unpaired) electrons. The molecule has 1 atom stereocenters. The maximum atomic E-state index is 9.21. The summed E-state index contributed by atoms with van der Waals surface area (Å²) in [6, 6.07) is 15.9. The number of hydrogen-bond donors (Lipinski definition) is 2. The standard InChI is InChI=1S/C15H17NO/c1-11-3-5-13(6-4-11)12(2)16-14-7-9-15(17)10-8-14/h3-10,12,16-17H,1-2H3. The Balaban J connectivity index is 2.08. The summed E-state index contributed by atoms with van der Waals surface area (Å²) in [5.74, 6) is 0.290. The SMILES string of the molecule is Cc1ccc(C(C)Nc2ccc(O)cc2)cc1. The number of aryl methyl sites for hydroxylation is 1. The van der Waals surface area contributed by atoms with E-state index in [9.17, 15) is 5.11 Å². The van der Waals surface area contributed by atoms with E-state index in [-0.39, 0.29) is 6.04 Å². The summed E-state index contributed by atoms with van der Waals surface area (Å²) in [6.07, 6.45) is 0. The van der Waals surface area contributed by atoms with Crippen molar-refractivity contribution in [1.29, 1.82) is 0 Å². The highest BCUT2D eigenvalue weighted by Gasteiger charge is 2.04. The zero-order valence-corrected chi connectivity index (χ0v) is 10.1. The van der Waals surface area contributed by atoms with Crippen molar-refractivity contribution >= 4 is 5.69 Å². The van der Waals surface area contributed by atoms with Gasteiger partial charge in [0.2, 0.25) is 0 Å². The zero-order chi connectivity index (χ0) is 12.3. The van der Waals surface area contributed by atoms with E-state index in [1.165, 1.54) is 11.1 Å². The molecular formula is C15H17NO. The van der Waals surface area contributed by atoms with Crippen LogP contribution in [0, 0.1) is 6.92 Å². The fraction of sp³-hybridized carbons (Fsp3) is 0.200. The number of benzene rings is 2. The number of phenolic OH excluding ortho intramolecular Hbond substituents is 1. The van der Waals surface area contributed by atoms with Crippen molar-refractivity contribution < 1.29 is 5.11 Å². The van der Waals surface area contributed by atoms with E-state index in [0.717, 1.165) is 5.69 Å². The summed E-state index contributed by atoms with van der Waals surface area (Å²) in [7, 11) is 0. The summed E-state index contributed by atoms with van der Waals surface area (Å²) in [4.78, 5) is 0. The van der Waals surface area contributed by atoms with Crippen LogP contribution in [0.2, 0.25) is 0 Å². The van der Waals surface area contributed by atoms with Crippen LogP contribution in [0.15, 0.2) is 48.5 Å². The number of rotatable bonds is 3. The first-order valence-corrected chi connectivity index (χ1v) is 5.77. The smallest absolute Gasteiger partial charge is 0.115 e. The second-order valence-corrected chi connectivity index (χ2v) is 4.32. The van der Waals surface area contributed by atoms with Gasteiger partial charge in [-0.15, -0.1) is 0 Å². The summed E-state index contributed by atoms with van der Waals surface area (Å²) in [6.45, 7) is 4.21. The molecule has 0 aliphatic rings. The van der Waals surface area contributed by atoms with Crippen LogP contribution in [-0.2, 0) is 0 Å². The predicted octanol–water partition coefficient (Wildman–Crippen LogP) is 3.87. The Morgan fingerprint density at radius 1 is 0.941 bits per heavy atom. The van der Waals surface area contributed by atoms with E-state index >= 15 is 0 Å². The molecule has 0 fully saturated rings. The van der Waals surface area contributed by atoms with Crippen molar-refractivity contribution in [3.63, 3.8) is 0 Å². The molecule has 2 rings (SSSR count). The van der Waals surface area contributed by atoms with Gasteiger partial charge >= 0.3 is 0 Å². The van der Waals surface area contributed by atoms with E-state index in [1.807, 2.05) is 12.1 Å². The van der Waals surface area contributed by atoms with Crippen LogP contribution in [0.4, 0.5) is 5.69 Å². The highest BCUT2D eigenvalue weighted by molar-refractivity contribution is 5.47. The van der Waals surface area contributed by atoms with E-state index < -0.39 is 0 Å². The second-order valence-electron chi connectivity index (χ2n) is 4.32. The average Bonchev–Trinajstić information content (AvgIpc) is 2.33. The molecule has 0 saturated carbocycles. The van der Waals surface area contributed by atoms with Gasteiger partial charge in [-0.2, -0.15) is 0 Å². The number of nitrogens with one attached hydrogen (secondary N) is 1. The Kier molecular flexibility index (Phi) is 3.33. The first kappa shape index (κ1) is 11.5. The molecule has 1 unspecified atom stereocenters. The van der Waals surface area contributed by atoms with E-state index in [0.29, 0.717) is 5.75 Å². The highest BCUT2D eigenvalue weighted by atomic mass is 16.3. The van der Waals surface area contributed by atoms with Crippen LogP contribution in [0.1, 0.15) is 24.1 Å². The Labute approximate surface area is 102 Å². The minimum absolute atomic E-state index is 0.250. The number of phenols is 1. The predicted molar refractivity (Wildman–Crippen MR) is 71.3 cm³/mol. The summed E-state index contributed by atoms with van der Waals surface area (Å²) in [5, 5.41) is 12.6. The molecule has 0 bridgehead atoms. The van der Waals surface area contributed by atoms with Crippen molar-refractivity contribution in [1.82, 2.24) is 0 Å². The van der Waals surface area contributed by atoms with Gasteiger partial charge < -0.3 is 10.4 Å². The van der Waals surface area contributed by atoms with Gasteiger partial charge in [-0.1, -0.05) is 29.8 Å². The third-order valence-corrected chi connectivity index (χ3v) is 2.83. The van der Waals surface area contributed by atoms with Gasteiger partial charge in [0.15, 0.2) is 0 Å². The van der Waals surface area contributed by atoms with Gasteiger partial charge in [-0.25, -0.2) is 0 Å². The Morgan fingerprint density at radius 2 is 1.53 bits per heavy atom. The molecule has 0 spiro atoms. The van der Waals surface area contributed by atoms with Gasteiger partial charge in [-0.05, 0) is 43.7 Å². The third-order valence-electron chi connectivity index (χ3n) is 2.83. The number of aromatic hydroxyl groups is 1. The fourth-order valence-corrected chi connectivity index (χ4v) is 1.75. The average molecular weight is 227 g/mol. The van der Waals surface area contributed by atoms with Crippen LogP contribution < -0.4 is 5.32 Å². The Morgan fingerprint density at radius 3 is 2.12 bits per heavy atom. The molecule has 2 aromatic carbocycles. The summed E-state index contributed by atoms with van der Waals surface area (Å²) >= 11 is 0. The first-order valence-electron chi connectivity index (χ1n) is 5.77. The molecule has 2 heteroatoms. The fourth-order valence-electron chi connectivity index (χ4n) is 1.75. The van der Waals surface area contributed by atoms with Gasteiger partial charge in [-0.3, -0.25) is 0 Å². The molecule has 2 N–H and O–H groups in total. The first-order chi connectivity index (χ1) is 8.15. The van der Waals surface area contributed by atoms with Crippen molar-refractivity contribution in [2.24, 2.45) is 0 Å². The van der Waals surface area contributed by atoms with Crippen LogP contribution in [-0.4, -0.2) is 5.11 Å². The lowest BCUT2D eigenvalue weighted by atomic mass is 10.1. The lowest BCUT2D eigenvalue weighted by Gasteiger charge is -2.16. The van der Waals surface area contributed by atoms with Crippen molar-refractivity contribution in [3.05, 3.63) is 59.7 Å². The van der Waals surface area contributed by atoms with Gasteiger partial charge in [0.25, 0.3) is 0 Å². The largest absolute Gasteiger partial charge is 0.508 e. The van der Waals surface area contributed by atoms with E-state index in [4.69, 9.17) is 0 Å². The minimum Gasteiger partial charge on any atom is -0.508 e. The van der Waals surface area contributed by atoms with Crippen LogP contribution in [0.3, 0.4) is 0 Å². The second kappa shape index (κ2) is 4.91. The highest BCUT2D eigenvalue weighted by Crippen LogP contribution is 2.21. The van der Waals surface area contributed by atoms with E-state index in [1.54, 1.807) is 12.1 Å². The number of hydrogen-bond acceptors (Lipinski definition) is 2. The van der Waals surface area contributed by atoms with Crippen molar-refractivity contribution in [3.8, 4) is 5.75 Å². The van der Waals surface area contributed by atoms with Crippen LogP contribution in [0.25, 0.3) is 0 Å². The number of anilines is 1. The van der Waals surface area contributed by atoms with Crippen LogP contribution in [0.5, 0.6) is 5.75 Å². The molecule has 2 aromatic rings. The molecule has 2 nitrogen and oxygen atoms in total. The Bertz CT molecular complexity index is 473. The van der Waals surface area contributed by atoms with Gasteiger partial charge in [0, 0.05) is 11.7 Å². The van der Waals surface area contributed by atoms with Crippen LogP contribution >= 0.6 is 0 Å². The van der Waals surface area contributed by atoms with Crippen molar-refractivity contribution in [2.75, 3.05) is 5.32 Å². The van der Waals surface area contributed by atoms with Gasteiger partial charge in [0.05, 0.1) is 0 Å². The molecular weight excluding hydrogens is 210 g/mol. The summed E-state index contributed by atoms with van der Waals surface area (Å²) in [5.41, 5.74) is 3.53. The molecule has 0 saturated heterocycles. The molecule has 0 aliphatic carbocycles. The minimum atomic E-state index is 0.250. The quantitative estimate of drug-likeness (QED) is 0.780. The lowest BCUT2D eigenvalue weighted by Crippen LogP contribution is -2.06. The topological polar surface area (TPSA) is 32.3 Å². The monoisotopic (exact) mass is 227 g/mol. The zero-order valence-electron chi connectivity index (χ0n) is 10.1. The maximum Gasteiger partial charge on any atom is 0.115 e. The molecule has 88 valence electrons. The molecule has 0 heterocycles. The Hall–Kier alpha value is -1.96. The molecule has 0 aliphatic heterocycles. The molecule has 0 amide bonds. The van der Waals surface area contributed by atoms with Crippen molar-refractivity contribution in [2.45, 2.75) is 19.9 Å². The normalized spacial score (nSPS) is 12.1. The summed E-state index contributed by atoms with van der Waals surface area (Å²) < 4.78 is 0. The van der Waals surface area contributed by atoms with E-state index in [2.05, 4.69) is 43.4 Å². The third kappa shape index (κ3) is 3.00. The maximum absolute atomic E-state index is 9.21. The molecule has 17 heavy (non-hydrogen) atoms. The van der Waals surface area contributed by atoms with Gasteiger partial charge in [0.1, 0.15) is 5.75 Å².